The van der Waals surface area contributed by atoms with E-state index in [0.717, 1.165) is 28.2 Å². The van der Waals surface area contributed by atoms with Crippen molar-refractivity contribution >= 4 is 5.91 Å². The number of hydrogen-bond donors (Lipinski definition) is 1. The summed E-state index contributed by atoms with van der Waals surface area (Å²) in [5, 5.41) is 3.10. The number of rotatable bonds is 4. The van der Waals surface area contributed by atoms with E-state index in [1.54, 1.807) is 7.11 Å². The summed E-state index contributed by atoms with van der Waals surface area (Å²) >= 11 is 0. The van der Waals surface area contributed by atoms with E-state index in [9.17, 15) is 4.79 Å². The van der Waals surface area contributed by atoms with Gasteiger partial charge in [0, 0.05) is 5.56 Å². The van der Waals surface area contributed by atoms with Crippen molar-refractivity contribution < 1.29 is 14.3 Å². The van der Waals surface area contributed by atoms with E-state index < -0.39 is 0 Å². The molecule has 1 N–H and O–H groups in total. The van der Waals surface area contributed by atoms with Crippen LogP contribution in [0.4, 0.5) is 0 Å². The van der Waals surface area contributed by atoms with E-state index in [4.69, 9.17) is 9.47 Å². The maximum Gasteiger partial charge on any atom is 0.227 e. The standard InChI is InChI=1S/C20H23NO3/c1-13-8-9-19(23-3)17(10-13)14(2)21-20(22)16-11-15-6-4-5-7-18(15)24-12-16/h4-10,14,16H,11-12H2,1-3H3,(H,21,22). The van der Waals surface area contributed by atoms with Crippen LogP contribution in [0.25, 0.3) is 0 Å². The Kier molecular flexibility index (Phi) is 4.74. The monoisotopic (exact) mass is 325 g/mol. The van der Waals surface area contributed by atoms with Gasteiger partial charge in [0.2, 0.25) is 5.91 Å². The van der Waals surface area contributed by atoms with Crippen molar-refractivity contribution in [1.29, 1.82) is 0 Å². The van der Waals surface area contributed by atoms with Crippen molar-refractivity contribution in [2.75, 3.05) is 13.7 Å². The van der Waals surface area contributed by atoms with Gasteiger partial charge in [-0.2, -0.15) is 0 Å². The Balaban J connectivity index is 1.70. The topological polar surface area (TPSA) is 47.6 Å². The molecule has 0 bridgehead atoms. The smallest absolute Gasteiger partial charge is 0.227 e. The number of hydrogen-bond acceptors (Lipinski definition) is 3. The molecule has 4 heteroatoms. The Morgan fingerprint density at radius 2 is 2.08 bits per heavy atom. The van der Waals surface area contributed by atoms with Gasteiger partial charge in [-0.3, -0.25) is 4.79 Å². The molecule has 126 valence electrons. The van der Waals surface area contributed by atoms with E-state index in [2.05, 4.69) is 11.4 Å². The molecular weight excluding hydrogens is 302 g/mol. The van der Waals surface area contributed by atoms with Gasteiger partial charge in [0.05, 0.1) is 19.1 Å². The van der Waals surface area contributed by atoms with E-state index >= 15 is 0 Å². The highest BCUT2D eigenvalue weighted by atomic mass is 16.5. The minimum atomic E-state index is -0.168. The summed E-state index contributed by atoms with van der Waals surface area (Å²) in [4.78, 5) is 12.6. The third kappa shape index (κ3) is 3.37. The molecule has 0 fully saturated rings. The van der Waals surface area contributed by atoms with Crippen LogP contribution in [0.5, 0.6) is 11.5 Å². The first kappa shape index (κ1) is 16.4. The van der Waals surface area contributed by atoms with Gasteiger partial charge in [-0.15, -0.1) is 0 Å². The van der Waals surface area contributed by atoms with Gasteiger partial charge in [0.25, 0.3) is 0 Å². The van der Waals surface area contributed by atoms with Crippen molar-refractivity contribution in [2.45, 2.75) is 26.3 Å². The summed E-state index contributed by atoms with van der Waals surface area (Å²) in [6.45, 7) is 4.43. The summed E-state index contributed by atoms with van der Waals surface area (Å²) in [7, 11) is 1.65. The molecule has 0 spiro atoms. The van der Waals surface area contributed by atoms with Crippen molar-refractivity contribution in [3.63, 3.8) is 0 Å². The number of carbonyl (C=O) groups excluding carboxylic acids is 1. The molecule has 0 radical (unpaired) electrons. The lowest BCUT2D eigenvalue weighted by Crippen LogP contribution is -2.38. The van der Waals surface area contributed by atoms with Gasteiger partial charge in [-0.05, 0) is 38.0 Å². The number of aryl methyl sites for hydroxylation is 1. The molecule has 0 aliphatic carbocycles. The van der Waals surface area contributed by atoms with Crippen LogP contribution < -0.4 is 14.8 Å². The molecular formula is C20H23NO3. The average molecular weight is 325 g/mol. The summed E-state index contributed by atoms with van der Waals surface area (Å²) in [5.74, 6) is 1.52. The number of ether oxygens (including phenoxy) is 2. The lowest BCUT2D eigenvalue weighted by atomic mass is 9.95. The van der Waals surface area contributed by atoms with Crippen LogP contribution in [-0.2, 0) is 11.2 Å². The fourth-order valence-electron chi connectivity index (χ4n) is 3.10. The van der Waals surface area contributed by atoms with Crippen molar-refractivity contribution in [3.8, 4) is 11.5 Å². The molecule has 1 amide bonds. The van der Waals surface area contributed by atoms with E-state index in [1.165, 1.54) is 0 Å². The molecule has 2 unspecified atom stereocenters. The SMILES string of the molecule is COc1ccc(C)cc1C(C)NC(=O)C1COc2ccccc2C1. The van der Waals surface area contributed by atoms with Crippen LogP contribution in [0, 0.1) is 12.8 Å². The molecule has 0 saturated carbocycles. The number of nitrogens with one attached hydrogen (secondary N) is 1. The fourth-order valence-corrected chi connectivity index (χ4v) is 3.10. The molecule has 2 aromatic carbocycles. The van der Waals surface area contributed by atoms with Gasteiger partial charge in [0.1, 0.15) is 18.1 Å². The zero-order valence-electron chi connectivity index (χ0n) is 14.3. The fraction of sp³-hybridized carbons (Fsp3) is 0.350. The van der Waals surface area contributed by atoms with Crippen molar-refractivity contribution in [2.24, 2.45) is 5.92 Å². The second kappa shape index (κ2) is 6.95. The average Bonchev–Trinajstić information content (AvgIpc) is 2.61. The van der Waals surface area contributed by atoms with Crippen LogP contribution in [0.3, 0.4) is 0 Å². The summed E-state index contributed by atoms with van der Waals surface area (Å²) in [5.41, 5.74) is 3.22. The number of benzene rings is 2. The third-order valence-electron chi connectivity index (χ3n) is 4.46. The van der Waals surface area contributed by atoms with Crippen LogP contribution in [0.2, 0.25) is 0 Å². The second-order valence-corrected chi connectivity index (χ2v) is 6.30. The Labute approximate surface area is 142 Å². The number of carbonyl (C=O) groups is 1. The number of para-hydroxylation sites is 1. The Morgan fingerprint density at radius 1 is 1.29 bits per heavy atom. The number of fused-ring (bicyclic) bond motifs is 1. The lowest BCUT2D eigenvalue weighted by Gasteiger charge is -2.26. The predicted octanol–water partition coefficient (Wildman–Crippen LogP) is 3.43. The molecule has 4 nitrogen and oxygen atoms in total. The minimum absolute atomic E-state index is 0.0144. The van der Waals surface area contributed by atoms with Gasteiger partial charge in [-0.1, -0.05) is 35.9 Å². The van der Waals surface area contributed by atoms with Crippen LogP contribution in [0.1, 0.15) is 29.7 Å². The van der Waals surface area contributed by atoms with E-state index in [-0.39, 0.29) is 17.9 Å². The highest BCUT2D eigenvalue weighted by Crippen LogP contribution is 2.29. The summed E-state index contributed by atoms with van der Waals surface area (Å²) in [6, 6.07) is 13.8. The molecule has 1 heterocycles. The molecule has 1 aliphatic heterocycles. The van der Waals surface area contributed by atoms with Gasteiger partial charge in [0.15, 0.2) is 0 Å². The van der Waals surface area contributed by atoms with Gasteiger partial charge < -0.3 is 14.8 Å². The molecule has 3 rings (SSSR count). The zero-order valence-corrected chi connectivity index (χ0v) is 14.3. The van der Waals surface area contributed by atoms with Crippen LogP contribution in [0.15, 0.2) is 42.5 Å². The van der Waals surface area contributed by atoms with Crippen molar-refractivity contribution in [1.82, 2.24) is 5.32 Å². The van der Waals surface area contributed by atoms with Crippen LogP contribution in [-0.4, -0.2) is 19.6 Å². The number of methoxy groups -OCH3 is 1. The normalized spacial score (nSPS) is 17.4. The Morgan fingerprint density at radius 3 is 2.88 bits per heavy atom. The van der Waals surface area contributed by atoms with E-state index in [0.29, 0.717) is 13.0 Å². The quantitative estimate of drug-likeness (QED) is 0.937. The predicted molar refractivity (Wildman–Crippen MR) is 93.4 cm³/mol. The highest BCUT2D eigenvalue weighted by molar-refractivity contribution is 5.80. The molecule has 2 aromatic rings. The zero-order chi connectivity index (χ0) is 17.1. The maximum atomic E-state index is 12.6. The molecule has 0 aromatic heterocycles. The molecule has 24 heavy (non-hydrogen) atoms. The minimum Gasteiger partial charge on any atom is -0.496 e. The Hall–Kier alpha value is -2.49. The van der Waals surface area contributed by atoms with Crippen LogP contribution >= 0.6 is 0 Å². The Bertz CT molecular complexity index is 741. The third-order valence-corrected chi connectivity index (χ3v) is 4.46. The molecule has 0 saturated heterocycles. The van der Waals surface area contributed by atoms with E-state index in [1.807, 2.05) is 50.2 Å². The first-order valence-corrected chi connectivity index (χ1v) is 8.24. The summed E-state index contributed by atoms with van der Waals surface area (Å²) < 4.78 is 11.1. The largest absolute Gasteiger partial charge is 0.496 e. The molecule has 2 atom stereocenters. The first-order chi connectivity index (χ1) is 11.6. The first-order valence-electron chi connectivity index (χ1n) is 8.24. The summed E-state index contributed by atoms with van der Waals surface area (Å²) in [6.07, 6.45) is 0.708. The highest BCUT2D eigenvalue weighted by Gasteiger charge is 2.27. The maximum absolute atomic E-state index is 12.6. The number of amides is 1. The lowest BCUT2D eigenvalue weighted by molar-refractivity contribution is -0.126. The molecule has 1 aliphatic rings. The van der Waals surface area contributed by atoms with Gasteiger partial charge >= 0.3 is 0 Å². The van der Waals surface area contributed by atoms with Crippen molar-refractivity contribution in [3.05, 3.63) is 59.2 Å². The second-order valence-electron chi connectivity index (χ2n) is 6.30. The van der Waals surface area contributed by atoms with Gasteiger partial charge in [-0.25, -0.2) is 0 Å².